The smallest absolute Gasteiger partial charge is 0.226 e. The van der Waals surface area contributed by atoms with E-state index in [0.717, 1.165) is 41.5 Å². The summed E-state index contributed by atoms with van der Waals surface area (Å²) >= 11 is 0. The second kappa shape index (κ2) is 8.26. The average Bonchev–Trinajstić information content (AvgIpc) is 3.42. The van der Waals surface area contributed by atoms with Gasteiger partial charge in [-0.3, -0.25) is 4.79 Å². The first-order chi connectivity index (χ1) is 15.5. The van der Waals surface area contributed by atoms with Crippen LogP contribution in [0.2, 0.25) is 0 Å². The molecule has 2 aromatic heterocycles. The van der Waals surface area contributed by atoms with Crippen LogP contribution in [-0.4, -0.2) is 45.1 Å². The molecule has 8 nitrogen and oxygen atoms in total. The van der Waals surface area contributed by atoms with Gasteiger partial charge >= 0.3 is 0 Å². The number of aryl methyl sites for hydroxylation is 1. The molecule has 1 atom stereocenters. The van der Waals surface area contributed by atoms with Gasteiger partial charge < -0.3 is 15.0 Å². The van der Waals surface area contributed by atoms with Gasteiger partial charge in [-0.1, -0.05) is 18.2 Å². The number of para-hydroxylation sites is 1. The Balaban J connectivity index is 1.54. The third-order valence-electron chi connectivity index (χ3n) is 6.04. The fourth-order valence-electron chi connectivity index (χ4n) is 4.65. The van der Waals surface area contributed by atoms with Gasteiger partial charge in [-0.05, 0) is 51.8 Å². The molecule has 0 bridgehead atoms. The summed E-state index contributed by atoms with van der Waals surface area (Å²) in [4.78, 5) is 15.0. The molecule has 166 valence electrons. The molecule has 0 aliphatic carbocycles. The van der Waals surface area contributed by atoms with E-state index in [9.17, 15) is 4.79 Å². The fraction of sp³-hybridized carbons (Fsp3) is 0.417. The molecule has 1 amide bonds. The Morgan fingerprint density at radius 2 is 1.78 bits per heavy atom. The molecule has 1 saturated heterocycles. The molecule has 2 aliphatic heterocycles. The van der Waals surface area contributed by atoms with Gasteiger partial charge in [-0.25, -0.2) is 0 Å². The van der Waals surface area contributed by atoms with Gasteiger partial charge in [0, 0.05) is 36.6 Å². The topological polar surface area (TPSA) is 85.2 Å². The van der Waals surface area contributed by atoms with Crippen LogP contribution in [0.25, 0.3) is 5.82 Å². The van der Waals surface area contributed by atoms with Crippen LogP contribution in [0.5, 0.6) is 5.75 Å². The van der Waals surface area contributed by atoms with Crippen LogP contribution in [0, 0.1) is 6.92 Å². The van der Waals surface area contributed by atoms with Crippen molar-refractivity contribution in [2.24, 2.45) is 0 Å². The van der Waals surface area contributed by atoms with Gasteiger partial charge in [-0.15, -0.1) is 10.2 Å². The van der Waals surface area contributed by atoms with Crippen LogP contribution >= 0.6 is 0 Å². The summed E-state index contributed by atoms with van der Waals surface area (Å²) in [5.74, 6) is 2.74. The summed E-state index contributed by atoms with van der Waals surface area (Å²) in [5.41, 5.74) is 2.85. The van der Waals surface area contributed by atoms with Crippen LogP contribution in [0.3, 0.4) is 0 Å². The Kier molecular flexibility index (Phi) is 5.28. The molecule has 1 aromatic carbocycles. The number of amides is 1. The monoisotopic (exact) mass is 432 g/mol. The van der Waals surface area contributed by atoms with Crippen molar-refractivity contribution in [2.45, 2.75) is 52.1 Å². The zero-order valence-corrected chi connectivity index (χ0v) is 18.7. The number of carbonyl (C=O) groups excluding carboxylic acids is 1. The summed E-state index contributed by atoms with van der Waals surface area (Å²) in [7, 11) is 0. The first-order valence-electron chi connectivity index (χ1n) is 11.2. The second-order valence-electron chi connectivity index (χ2n) is 8.71. The molecule has 2 aliphatic rings. The Morgan fingerprint density at radius 1 is 1.06 bits per heavy atom. The maximum Gasteiger partial charge on any atom is 0.226 e. The van der Waals surface area contributed by atoms with E-state index >= 15 is 0 Å². The highest BCUT2D eigenvalue weighted by Crippen LogP contribution is 2.43. The molecule has 1 fully saturated rings. The van der Waals surface area contributed by atoms with Crippen molar-refractivity contribution < 1.29 is 9.53 Å². The third-order valence-corrected chi connectivity index (χ3v) is 6.04. The number of benzene rings is 1. The average molecular weight is 433 g/mol. The quantitative estimate of drug-likeness (QED) is 0.660. The summed E-state index contributed by atoms with van der Waals surface area (Å²) in [6.07, 6.45) is 2.76. The number of fused-ring (bicyclic) bond motifs is 1. The molecule has 0 unspecified atom stereocenters. The van der Waals surface area contributed by atoms with Crippen LogP contribution in [-0.2, 0) is 4.79 Å². The lowest BCUT2D eigenvalue weighted by molar-refractivity contribution is -0.116. The number of carbonyl (C=O) groups is 1. The molecule has 1 N–H and O–H groups in total. The lowest BCUT2D eigenvalue weighted by Gasteiger charge is -2.26. The van der Waals surface area contributed by atoms with Crippen LogP contribution in [0.4, 0.5) is 11.6 Å². The Labute approximate surface area is 187 Å². The van der Waals surface area contributed by atoms with Gasteiger partial charge in [0.1, 0.15) is 11.6 Å². The minimum atomic E-state index is -0.140. The lowest BCUT2D eigenvalue weighted by atomic mass is 9.85. The van der Waals surface area contributed by atoms with Crippen LogP contribution in [0.1, 0.15) is 55.8 Å². The number of aromatic nitrogens is 4. The molecule has 3 aromatic rings. The first kappa shape index (κ1) is 20.5. The van der Waals surface area contributed by atoms with Crippen LogP contribution in [0.15, 0.2) is 36.4 Å². The van der Waals surface area contributed by atoms with Crippen molar-refractivity contribution in [1.82, 2.24) is 20.0 Å². The van der Waals surface area contributed by atoms with E-state index in [4.69, 9.17) is 9.84 Å². The Hall–Kier alpha value is -3.42. The normalized spacial score (nSPS) is 18.1. The lowest BCUT2D eigenvalue weighted by Crippen LogP contribution is -2.25. The molecule has 0 spiro atoms. The van der Waals surface area contributed by atoms with Crippen molar-refractivity contribution in [1.29, 1.82) is 0 Å². The van der Waals surface area contributed by atoms with Gasteiger partial charge in [0.2, 0.25) is 5.91 Å². The molecule has 8 heteroatoms. The molecule has 5 rings (SSSR count). The minimum Gasteiger partial charge on any atom is -0.491 e. The fourth-order valence-corrected chi connectivity index (χ4v) is 4.65. The highest BCUT2D eigenvalue weighted by Gasteiger charge is 2.34. The van der Waals surface area contributed by atoms with Gasteiger partial charge in [0.15, 0.2) is 11.6 Å². The summed E-state index contributed by atoms with van der Waals surface area (Å²) < 4.78 is 7.75. The number of hydrogen-bond donors (Lipinski definition) is 1. The van der Waals surface area contributed by atoms with E-state index in [1.54, 1.807) is 4.68 Å². The van der Waals surface area contributed by atoms with Crippen molar-refractivity contribution in [3.8, 4) is 11.6 Å². The maximum atomic E-state index is 12.7. The van der Waals surface area contributed by atoms with Gasteiger partial charge in [0.25, 0.3) is 0 Å². The second-order valence-corrected chi connectivity index (χ2v) is 8.71. The largest absolute Gasteiger partial charge is 0.491 e. The number of hydrogen-bond acceptors (Lipinski definition) is 6. The maximum absolute atomic E-state index is 12.7. The van der Waals surface area contributed by atoms with Gasteiger partial charge in [0.05, 0.1) is 11.8 Å². The summed E-state index contributed by atoms with van der Waals surface area (Å²) in [5, 5.41) is 16.6. The SMILES string of the molecule is Cc1nn(-c2ccc(N3CCCC3)nn2)c2c1[C@H](c1ccccc1OC(C)C)CC(=O)N2. The number of ether oxygens (including phenoxy) is 1. The number of nitrogens with zero attached hydrogens (tertiary/aromatic N) is 5. The van der Waals surface area contributed by atoms with E-state index in [2.05, 4.69) is 20.4 Å². The predicted molar refractivity (Wildman–Crippen MR) is 123 cm³/mol. The molecular weight excluding hydrogens is 404 g/mol. The van der Waals surface area contributed by atoms with E-state index in [0.29, 0.717) is 18.1 Å². The highest BCUT2D eigenvalue weighted by molar-refractivity contribution is 5.95. The standard InChI is InChI=1S/C24H28N6O2/c1-15(2)32-19-9-5-4-8-17(19)18-14-22(31)25-24-23(18)16(3)28-30(24)21-11-10-20(26-27-21)29-12-6-7-13-29/h4-5,8-11,15,18H,6-7,12-14H2,1-3H3,(H,25,31)/t18-/m0/s1. The minimum absolute atomic E-state index is 0.0428. The van der Waals surface area contributed by atoms with Crippen molar-refractivity contribution in [2.75, 3.05) is 23.3 Å². The molecule has 32 heavy (non-hydrogen) atoms. The van der Waals surface area contributed by atoms with Gasteiger partial charge in [-0.2, -0.15) is 9.78 Å². The zero-order valence-electron chi connectivity index (χ0n) is 18.7. The predicted octanol–water partition coefficient (Wildman–Crippen LogP) is 3.83. The van der Waals surface area contributed by atoms with Crippen molar-refractivity contribution >= 4 is 17.5 Å². The van der Waals surface area contributed by atoms with E-state index in [1.165, 1.54) is 12.8 Å². The number of anilines is 2. The third kappa shape index (κ3) is 3.70. The summed E-state index contributed by atoms with van der Waals surface area (Å²) in [6, 6.07) is 11.8. The molecule has 4 heterocycles. The first-order valence-corrected chi connectivity index (χ1v) is 11.2. The van der Waals surface area contributed by atoms with E-state index in [1.807, 2.05) is 57.2 Å². The van der Waals surface area contributed by atoms with Crippen molar-refractivity contribution in [3.63, 3.8) is 0 Å². The molecule has 0 radical (unpaired) electrons. The number of rotatable bonds is 5. The Morgan fingerprint density at radius 3 is 2.50 bits per heavy atom. The van der Waals surface area contributed by atoms with Crippen molar-refractivity contribution in [3.05, 3.63) is 53.2 Å². The Bertz CT molecular complexity index is 1130. The molecule has 0 saturated carbocycles. The zero-order chi connectivity index (χ0) is 22.2. The summed E-state index contributed by atoms with van der Waals surface area (Å²) in [6.45, 7) is 8.00. The molecular formula is C24H28N6O2. The van der Waals surface area contributed by atoms with E-state index < -0.39 is 0 Å². The van der Waals surface area contributed by atoms with Crippen LogP contribution < -0.4 is 15.0 Å². The van der Waals surface area contributed by atoms with E-state index in [-0.39, 0.29) is 17.9 Å². The highest BCUT2D eigenvalue weighted by atomic mass is 16.5. The number of nitrogens with one attached hydrogen (secondary N) is 1.